The fourth-order valence-electron chi connectivity index (χ4n) is 3.03. The molecule has 5 nitrogen and oxygen atoms in total. The number of hydrogen-bond acceptors (Lipinski definition) is 4. The van der Waals surface area contributed by atoms with Crippen molar-refractivity contribution in [3.05, 3.63) is 52.1 Å². The standard InChI is InChI=1S/C22H23IN2O3S/c1-22(2,3)13-19(26)24-15-6-10-17(11-7-15)29-18-12-20(27)25(21(18)28)16-8-4-14(23)5-9-16/h4-11,18H,12-13H2,1-3H3,(H,24,26). The minimum atomic E-state index is -0.442. The molecular formula is C22H23IN2O3S. The highest BCUT2D eigenvalue weighted by Gasteiger charge is 2.40. The predicted molar refractivity (Wildman–Crippen MR) is 125 cm³/mol. The number of thioether (sulfide) groups is 1. The Labute approximate surface area is 188 Å². The van der Waals surface area contributed by atoms with Crippen LogP contribution in [0.3, 0.4) is 0 Å². The summed E-state index contributed by atoms with van der Waals surface area (Å²) in [4.78, 5) is 39.4. The van der Waals surface area contributed by atoms with E-state index in [0.717, 1.165) is 14.2 Å². The molecule has 1 N–H and O–H groups in total. The Balaban J connectivity index is 1.63. The Morgan fingerprint density at radius 3 is 2.31 bits per heavy atom. The van der Waals surface area contributed by atoms with E-state index in [1.807, 2.05) is 57.2 Å². The van der Waals surface area contributed by atoms with Gasteiger partial charge in [0.15, 0.2) is 0 Å². The molecule has 1 fully saturated rings. The number of anilines is 2. The summed E-state index contributed by atoms with van der Waals surface area (Å²) in [5, 5.41) is 2.45. The van der Waals surface area contributed by atoms with Crippen molar-refractivity contribution in [2.24, 2.45) is 5.41 Å². The fourth-order valence-corrected chi connectivity index (χ4v) is 4.44. The van der Waals surface area contributed by atoms with E-state index < -0.39 is 5.25 Å². The summed E-state index contributed by atoms with van der Waals surface area (Å²) in [5.41, 5.74) is 1.26. The first kappa shape index (κ1) is 21.8. The molecule has 1 heterocycles. The maximum atomic E-state index is 12.8. The van der Waals surface area contributed by atoms with Gasteiger partial charge in [0, 0.05) is 27.0 Å². The molecule has 0 aromatic heterocycles. The smallest absolute Gasteiger partial charge is 0.247 e. The summed E-state index contributed by atoms with van der Waals surface area (Å²) < 4.78 is 1.05. The molecule has 2 aromatic carbocycles. The molecule has 2 aromatic rings. The van der Waals surface area contributed by atoms with Crippen molar-refractivity contribution >= 4 is 63.4 Å². The van der Waals surface area contributed by atoms with E-state index in [0.29, 0.717) is 12.1 Å². The molecule has 1 aliphatic heterocycles. The van der Waals surface area contributed by atoms with E-state index in [1.165, 1.54) is 16.7 Å². The van der Waals surface area contributed by atoms with Gasteiger partial charge in [0.1, 0.15) is 0 Å². The van der Waals surface area contributed by atoms with E-state index in [9.17, 15) is 14.4 Å². The molecule has 152 valence electrons. The lowest BCUT2D eigenvalue weighted by Crippen LogP contribution is -2.31. The van der Waals surface area contributed by atoms with Gasteiger partial charge in [-0.25, -0.2) is 4.90 Å². The molecule has 3 amide bonds. The van der Waals surface area contributed by atoms with Gasteiger partial charge in [-0.2, -0.15) is 0 Å². The summed E-state index contributed by atoms with van der Waals surface area (Å²) in [7, 11) is 0. The van der Waals surface area contributed by atoms with Crippen LogP contribution in [-0.2, 0) is 14.4 Å². The van der Waals surface area contributed by atoms with Gasteiger partial charge < -0.3 is 5.32 Å². The maximum absolute atomic E-state index is 12.8. The highest BCUT2D eigenvalue weighted by molar-refractivity contribution is 14.1. The molecular weight excluding hydrogens is 499 g/mol. The third-order valence-electron chi connectivity index (χ3n) is 4.30. The number of rotatable bonds is 5. The predicted octanol–water partition coefficient (Wildman–Crippen LogP) is 5.09. The SMILES string of the molecule is CC(C)(C)CC(=O)Nc1ccc(SC2CC(=O)N(c3ccc(I)cc3)C2=O)cc1. The van der Waals surface area contributed by atoms with Crippen molar-refractivity contribution in [1.82, 2.24) is 0 Å². The van der Waals surface area contributed by atoms with Crippen LogP contribution in [0.5, 0.6) is 0 Å². The zero-order valence-corrected chi connectivity index (χ0v) is 19.5. The van der Waals surface area contributed by atoms with Crippen molar-refractivity contribution in [1.29, 1.82) is 0 Å². The first-order chi connectivity index (χ1) is 13.6. The van der Waals surface area contributed by atoms with Crippen LogP contribution in [-0.4, -0.2) is 23.0 Å². The van der Waals surface area contributed by atoms with Crippen LogP contribution in [0.15, 0.2) is 53.4 Å². The van der Waals surface area contributed by atoms with Gasteiger partial charge in [-0.1, -0.05) is 20.8 Å². The van der Waals surface area contributed by atoms with E-state index in [1.54, 1.807) is 12.1 Å². The second-order valence-corrected chi connectivity index (χ2v) is 10.7. The van der Waals surface area contributed by atoms with Crippen LogP contribution in [0.25, 0.3) is 0 Å². The summed E-state index contributed by atoms with van der Waals surface area (Å²) in [6.45, 7) is 6.06. The highest BCUT2D eigenvalue weighted by Crippen LogP contribution is 2.34. The topological polar surface area (TPSA) is 66.5 Å². The number of carbonyl (C=O) groups excluding carboxylic acids is 3. The molecule has 0 saturated carbocycles. The largest absolute Gasteiger partial charge is 0.326 e. The quantitative estimate of drug-likeness (QED) is 0.439. The molecule has 1 aliphatic rings. The lowest BCUT2D eigenvalue weighted by atomic mass is 9.92. The Hall–Kier alpha value is -1.87. The molecule has 29 heavy (non-hydrogen) atoms. The van der Waals surface area contributed by atoms with Crippen molar-refractivity contribution in [3.8, 4) is 0 Å². The molecule has 3 rings (SSSR count). The molecule has 0 spiro atoms. The zero-order chi connectivity index (χ0) is 21.2. The average molecular weight is 522 g/mol. The Morgan fingerprint density at radius 2 is 1.72 bits per heavy atom. The van der Waals surface area contributed by atoms with Crippen molar-refractivity contribution in [2.45, 2.75) is 43.8 Å². The van der Waals surface area contributed by atoms with Crippen molar-refractivity contribution < 1.29 is 14.4 Å². The van der Waals surface area contributed by atoms with Gasteiger partial charge in [-0.3, -0.25) is 14.4 Å². The van der Waals surface area contributed by atoms with E-state index >= 15 is 0 Å². The Morgan fingerprint density at radius 1 is 1.10 bits per heavy atom. The number of benzene rings is 2. The van der Waals surface area contributed by atoms with E-state index in [4.69, 9.17) is 0 Å². The van der Waals surface area contributed by atoms with Crippen LogP contribution in [0.2, 0.25) is 0 Å². The summed E-state index contributed by atoms with van der Waals surface area (Å²) in [5.74, 6) is -0.397. The van der Waals surface area contributed by atoms with Crippen LogP contribution in [0.1, 0.15) is 33.6 Å². The zero-order valence-electron chi connectivity index (χ0n) is 16.6. The number of nitrogens with zero attached hydrogens (tertiary/aromatic N) is 1. The second-order valence-electron chi connectivity index (χ2n) is 8.16. The Bertz CT molecular complexity index is 921. The fraction of sp³-hybridized carbons (Fsp3) is 0.318. The summed E-state index contributed by atoms with van der Waals surface area (Å²) in [6, 6.07) is 14.7. The maximum Gasteiger partial charge on any atom is 0.247 e. The van der Waals surface area contributed by atoms with Crippen LogP contribution >= 0.6 is 34.4 Å². The van der Waals surface area contributed by atoms with Gasteiger partial charge in [0.05, 0.1) is 10.9 Å². The van der Waals surface area contributed by atoms with Crippen LogP contribution in [0, 0.1) is 8.99 Å². The van der Waals surface area contributed by atoms with E-state index in [2.05, 4.69) is 27.9 Å². The first-order valence-corrected chi connectivity index (χ1v) is 11.3. The molecule has 1 unspecified atom stereocenters. The summed E-state index contributed by atoms with van der Waals surface area (Å²) >= 11 is 3.56. The first-order valence-electron chi connectivity index (χ1n) is 9.31. The van der Waals surface area contributed by atoms with Crippen molar-refractivity contribution in [2.75, 3.05) is 10.2 Å². The highest BCUT2D eigenvalue weighted by atomic mass is 127. The third kappa shape index (κ3) is 5.82. The van der Waals surface area contributed by atoms with Crippen LogP contribution < -0.4 is 10.2 Å². The van der Waals surface area contributed by atoms with Gasteiger partial charge in [0.25, 0.3) is 0 Å². The molecule has 1 saturated heterocycles. The van der Waals surface area contributed by atoms with E-state index in [-0.39, 0.29) is 29.6 Å². The number of nitrogens with one attached hydrogen (secondary N) is 1. The molecule has 7 heteroatoms. The molecule has 1 atom stereocenters. The van der Waals surface area contributed by atoms with Gasteiger partial charge in [-0.05, 0) is 76.5 Å². The number of amides is 3. The van der Waals surface area contributed by atoms with Crippen LogP contribution in [0.4, 0.5) is 11.4 Å². The van der Waals surface area contributed by atoms with Gasteiger partial charge >= 0.3 is 0 Å². The number of hydrogen-bond donors (Lipinski definition) is 1. The summed E-state index contributed by atoms with van der Waals surface area (Å²) in [6.07, 6.45) is 0.621. The minimum Gasteiger partial charge on any atom is -0.326 e. The lowest BCUT2D eigenvalue weighted by Gasteiger charge is -2.17. The number of halogens is 1. The lowest BCUT2D eigenvalue weighted by molar-refractivity contribution is -0.121. The number of carbonyl (C=O) groups is 3. The third-order valence-corrected chi connectivity index (χ3v) is 6.21. The van der Waals surface area contributed by atoms with Gasteiger partial charge in [0.2, 0.25) is 17.7 Å². The number of imide groups is 1. The van der Waals surface area contributed by atoms with Gasteiger partial charge in [-0.15, -0.1) is 11.8 Å². The van der Waals surface area contributed by atoms with Crippen molar-refractivity contribution in [3.63, 3.8) is 0 Å². The minimum absolute atomic E-state index is 0.0253. The molecule has 0 radical (unpaired) electrons. The molecule has 0 bridgehead atoms. The monoisotopic (exact) mass is 522 g/mol. The normalized spacial score (nSPS) is 17.0. The Kier molecular flexibility index (Phi) is 6.68. The molecule has 0 aliphatic carbocycles. The second kappa shape index (κ2) is 8.87. The average Bonchev–Trinajstić information content (AvgIpc) is 2.89.